The van der Waals surface area contributed by atoms with Crippen LogP contribution >= 0.6 is 0 Å². The fraction of sp³-hybridized carbons (Fsp3) is 0.425. The first-order valence-electron chi connectivity index (χ1n) is 18.0. The topological polar surface area (TPSA) is 258 Å². The number of aromatic hydroxyl groups is 1. The maximum Gasteiger partial charge on any atom is 0.341 e. The molecule has 3 aromatic rings. The van der Waals surface area contributed by atoms with E-state index in [1.165, 1.54) is 25.6 Å². The van der Waals surface area contributed by atoms with Crippen LogP contribution in [0.1, 0.15) is 87.4 Å². The number of carbonyl (C=O) groups excluding carboxylic acids is 5. The number of esters is 1. The van der Waals surface area contributed by atoms with Crippen LogP contribution in [0, 0.1) is 12.8 Å². The fourth-order valence-corrected chi connectivity index (χ4v) is 8.70. The summed E-state index contributed by atoms with van der Waals surface area (Å²) in [7, 11) is 3.43. The van der Waals surface area contributed by atoms with E-state index in [0.29, 0.717) is 5.56 Å². The summed E-state index contributed by atoms with van der Waals surface area (Å²) >= 11 is 0. The summed E-state index contributed by atoms with van der Waals surface area (Å²) in [5, 5.41) is 57.4. The number of nitrogens with zero attached hydrogens (tertiary/aromatic N) is 2. The SMILES string of the molecule is COC(=O)c1c(C)cc2c(c1OCc1cccnc1)[C@]1(O)C(=O)c3cc4c(c(O)c3C(=O)[C@]1(OC)[C@H](O)C2)C(=O)CC(=N[C@H]1O[C@@H](C)[C@H](OC)[C@@H](O)[C@H]1CO)C4=O. The Morgan fingerprint density at radius 3 is 2.44 bits per heavy atom. The Bertz CT molecular complexity index is 2260. The minimum Gasteiger partial charge on any atom is -0.506 e. The van der Waals surface area contributed by atoms with E-state index >= 15 is 4.79 Å². The quantitative estimate of drug-likeness (QED) is 0.199. The number of benzene rings is 2. The molecular weight excluding hydrogens is 748 g/mol. The van der Waals surface area contributed by atoms with Crippen LogP contribution in [0.5, 0.6) is 11.5 Å². The molecule has 1 fully saturated rings. The summed E-state index contributed by atoms with van der Waals surface area (Å²) in [6.07, 6.45) is -4.21. The molecule has 0 spiro atoms. The van der Waals surface area contributed by atoms with Gasteiger partial charge in [-0.15, -0.1) is 0 Å². The fourth-order valence-electron chi connectivity index (χ4n) is 8.70. The van der Waals surface area contributed by atoms with Gasteiger partial charge in [-0.05, 0) is 37.1 Å². The lowest BCUT2D eigenvalue weighted by Gasteiger charge is -2.53. The number of aryl methyl sites for hydroxylation is 1. The largest absolute Gasteiger partial charge is 0.506 e. The van der Waals surface area contributed by atoms with Gasteiger partial charge in [0.2, 0.25) is 17.3 Å². The van der Waals surface area contributed by atoms with Crippen molar-refractivity contribution in [3.05, 3.63) is 86.7 Å². The number of ketones is 4. The average Bonchev–Trinajstić information content (AvgIpc) is 3.18. The van der Waals surface area contributed by atoms with E-state index < -0.39 is 136 Å². The van der Waals surface area contributed by atoms with Crippen LogP contribution in [-0.4, -0.2) is 130 Å². The molecule has 1 aliphatic heterocycles. The number of rotatable bonds is 8. The number of hydrogen-bond donors (Lipinski definition) is 5. The minimum atomic E-state index is -3.19. The summed E-state index contributed by atoms with van der Waals surface area (Å²) in [5.74, 6) is -7.88. The van der Waals surface area contributed by atoms with Gasteiger partial charge in [-0.25, -0.2) is 4.79 Å². The van der Waals surface area contributed by atoms with Crippen LogP contribution in [0.3, 0.4) is 0 Å². The normalized spacial score (nSPS) is 30.0. The summed E-state index contributed by atoms with van der Waals surface area (Å²) in [6, 6.07) is 5.62. The number of hydrogen-bond acceptors (Lipinski definition) is 17. The molecular formula is C40H40N2O15. The maximum atomic E-state index is 15.1. The number of fused-ring (bicyclic) bond motifs is 5. The molecule has 57 heavy (non-hydrogen) atoms. The Labute approximate surface area is 324 Å². The number of aliphatic imine (C=N–C) groups is 1. The van der Waals surface area contributed by atoms with E-state index in [2.05, 4.69) is 9.98 Å². The molecule has 7 rings (SSSR count). The van der Waals surface area contributed by atoms with Gasteiger partial charge in [0.05, 0.1) is 61.2 Å². The zero-order valence-electron chi connectivity index (χ0n) is 31.5. The number of phenolic OH excluding ortho intramolecular Hbond substituents is 1. The van der Waals surface area contributed by atoms with Gasteiger partial charge in [-0.2, -0.15) is 0 Å². The molecule has 2 aromatic carbocycles. The van der Waals surface area contributed by atoms with Crippen LogP contribution in [0.25, 0.3) is 0 Å². The molecule has 17 heteroatoms. The van der Waals surface area contributed by atoms with E-state index in [1.807, 2.05) is 0 Å². The summed E-state index contributed by atoms with van der Waals surface area (Å²) in [6.45, 7) is 2.26. The van der Waals surface area contributed by atoms with Gasteiger partial charge < -0.3 is 49.2 Å². The molecule has 4 aliphatic rings. The first-order valence-corrected chi connectivity index (χ1v) is 18.0. The van der Waals surface area contributed by atoms with Crippen molar-refractivity contribution in [3.8, 4) is 11.5 Å². The lowest BCUT2D eigenvalue weighted by Crippen LogP contribution is -2.73. The molecule has 0 bridgehead atoms. The molecule has 5 N–H and O–H groups in total. The number of ether oxygens (including phenoxy) is 5. The number of aliphatic hydroxyl groups excluding tert-OH is 3. The van der Waals surface area contributed by atoms with E-state index in [-0.39, 0.29) is 29.0 Å². The van der Waals surface area contributed by atoms with Gasteiger partial charge in [0.15, 0.2) is 23.2 Å². The highest BCUT2D eigenvalue weighted by Gasteiger charge is 2.73. The first kappa shape index (κ1) is 39.9. The third-order valence-corrected chi connectivity index (χ3v) is 11.4. The third-order valence-electron chi connectivity index (χ3n) is 11.4. The molecule has 2 heterocycles. The highest BCUT2D eigenvalue weighted by molar-refractivity contribution is 6.53. The van der Waals surface area contributed by atoms with Gasteiger partial charge in [0.1, 0.15) is 29.8 Å². The molecule has 3 aliphatic carbocycles. The highest BCUT2D eigenvalue weighted by Crippen LogP contribution is 2.57. The van der Waals surface area contributed by atoms with Crippen molar-refractivity contribution >= 4 is 34.8 Å². The number of phenols is 1. The molecule has 0 radical (unpaired) electrons. The van der Waals surface area contributed by atoms with Crippen LogP contribution in [0.4, 0.5) is 0 Å². The van der Waals surface area contributed by atoms with Crippen molar-refractivity contribution in [2.24, 2.45) is 10.9 Å². The minimum absolute atomic E-state index is 0.106. The molecule has 0 amide bonds. The second kappa shape index (κ2) is 14.6. The molecule has 1 aromatic heterocycles. The Morgan fingerprint density at radius 1 is 1.07 bits per heavy atom. The molecule has 300 valence electrons. The van der Waals surface area contributed by atoms with Crippen LogP contribution in [-0.2, 0) is 37.6 Å². The monoisotopic (exact) mass is 788 g/mol. The van der Waals surface area contributed by atoms with E-state index in [0.717, 1.165) is 20.3 Å². The number of aliphatic hydroxyl groups is 4. The second-order valence-corrected chi connectivity index (χ2v) is 14.4. The molecule has 8 atom stereocenters. The van der Waals surface area contributed by atoms with Crippen molar-refractivity contribution in [2.75, 3.05) is 27.9 Å². The Hall–Kier alpha value is -5.27. The van der Waals surface area contributed by atoms with Crippen molar-refractivity contribution in [2.45, 2.75) is 75.1 Å². The molecule has 0 saturated carbocycles. The smallest absolute Gasteiger partial charge is 0.341 e. The number of aromatic nitrogens is 1. The van der Waals surface area contributed by atoms with E-state index in [9.17, 15) is 44.7 Å². The molecule has 0 unspecified atom stereocenters. The molecule has 1 saturated heterocycles. The Morgan fingerprint density at radius 2 is 1.81 bits per heavy atom. The zero-order chi connectivity index (χ0) is 41.3. The lowest BCUT2D eigenvalue weighted by molar-refractivity contribution is -0.206. The summed E-state index contributed by atoms with van der Waals surface area (Å²) in [5.41, 5.74) is -8.81. The summed E-state index contributed by atoms with van der Waals surface area (Å²) in [4.78, 5) is 79.5. The third kappa shape index (κ3) is 5.67. The van der Waals surface area contributed by atoms with E-state index in [1.54, 1.807) is 26.0 Å². The Kier molecular flexibility index (Phi) is 10.2. The van der Waals surface area contributed by atoms with Crippen LogP contribution in [0.2, 0.25) is 0 Å². The van der Waals surface area contributed by atoms with Crippen molar-refractivity contribution in [3.63, 3.8) is 0 Å². The van der Waals surface area contributed by atoms with Crippen molar-refractivity contribution < 1.29 is 73.2 Å². The maximum absolute atomic E-state index is 15.1. The average molecular weight is 789 g/mol. The van der Waals surface area contributed by atoms with Crippen LogP contribution in [0.15, 0.2) is 41.7 Å². The van der Waals surface area contributed by atoms with Crippen LogP contribution < -0.4 is 4.74 Å². The first-order chi connectivity index (χ1) is 27.1. The number of methoxy groups -OCH3 is 3. The number of pyridine rings is 1. The lowest BCUT2D eigenvalue weighted by atomic mass is 9.56. The highest BCUT2D eigenvalue weighted by atomic mass is 16.6. The van der Waals surface area contributed by atoms with Crippen molar-refractivity contribution in [1.82, 2.24) is 4.98 Å². The van der Waals surface area contributed by atoms with Gasteiger partial charge >= 0.3 is 5.97 Å². The number of carbonyl (C=O) groups is 5. The number of Topliss-reactive ketones (excluding diaryl/α,β-unsaturated/α-hetero) is 4. The van der Waals surface area contributed by atoms with Gasteiger partial charge in [0.25, 0.3) is 0 Å². The van der Waals surface area contributed by atoms with E-state index in [4.69, 9.17) is 23.7 Å². The standard InChI is InChI=1S/C40H40N2O15/c1-16-9-19-10-25(45)40(55-5)36(50)28-21(35(49)39(40,52)29(19)34(26(16)38(51)54-4)56-15-18-7-6-8-41-13-18)11-20-27(32(28)48)24(44)12-23(30(20)46)42-37-22(14-43)31(47)33(53-3)17(2)57-37/h6-9,11,13,17,22,25,31,33,37,43,45,47-48,52H,10,12,14-15H2,1-5H3/t17-,22+,25+,31-,33-,37-,39-,40+/m0/s1. The van der Waals surface area contributed by atoms with Gasteiger partial charge in [-0.1, -0.05) is 12.1 Å². The second-order valence-electron chi connectivity index (χ2n) is 14.4. The van der Waals surface area contributed by atoms with Gasteiger partial charge in [0, 0.05) is 55.3 Å². The Balaban J connectivity index is 1.42. The van der Waals surface area contributed by atoms with Crippen molar-refractivity contribution in [1.29, 1.82) is 0 Å². The molecule has 17 nitrogen and oxygen atoms in total. The predicted molar refractivity (Wildman–Crippen MR) is 194 cm³/mol. The van der Waals surface area contributed by atoms with Gasteiger partial charge in [-0.3, -0.25) is 29.2 Å². The summed E-state index contributed by atoms with van der Waals surface area (Å²) < 4.78 is 28.1. The zero-order valence-corrected chi connectivity index (χ0v) is 31.5. The predicted octanol–water partition coefficient (Wildman–Crippen LogP) is 0.970.